The standard InChI is InChI=1S/C12H13FN4O/c13-8-4-5-10(15-7-8)12-16-11(17-18-12)9-3-1-2-6-14-9/h4-5,7,9,14H,1-3,6H2. The van der Waals surface area contributed by atoms with Gasteiger partial charge in [-0.15, -0.1) is 0 Å². The molecule has 1 aliphatic rings. The average molecular weight is 248 g/mol. The SMILES string of the molecule is Fc1ccc(-c2nc(C3CCCCN3)no2)nc1. The van der Waals surface area contributed by atoms with Crippen molar-refractivity contribution in [3.63, 3.8) is 0 Å². The van der Waals surface area contributed by atoms with Crippen LogP contribution < -0.4 is 5.32 Å². The van der Waals surface area contributed by atoms with Crippen LogP contribution in [0.5, 0.6) is 0 Å². The molecule has 1 unspecified atom stereocenters. The van der Waals surface area contributed by atoms with Crippen molar-refractivity contribution >= 4 is 0 Å². The van der Waals surface area contributed by atoms with E-state index in [2.05, 4.69) is 20.4 Å². The first-order valence-electron chi connectivity index (χ1n) is 6.02. The summed E-state index contributed by atoms with van der Waals surface area (Å²) >= 11 is 0. The number of aromatic nitrogens is 3. The number of piperidine rings is 1. The average Bonchev–Trinajstić information content (AvgIpc) is 2.90. The van der Waals surface area contributed by atoms with E-state index in [0.717, 1.165) is 25.6 Å². The number of halogens is 1. The minimum absolute atomic E-state index is 0.150. The van der Waals surface area contributed by atoms with Gasteiger partial charge in [-0.3, -0.25) is 0 Å². The van der Waals surface area contributed by atoms with Crippen LogP contribution in [0, 0.1) is 5.82 Å². The van der Waals surface area contributed by atoms with Gasteiger partial charge in [0.05, 0.1) is 12.2 Å². The molecule has 5 nitrogen and oxygen atoms in total. The lowest BCUT2D eigenvalue weighted by Crippen LogP contribution is -2.27. The van der Waals surface area contributed by atoms with Crippen LogP contribution in [0.15, 0.2) is 22.9 Å². The van der Waals surface area contributed by atoms with Crippen molar-refractivity contribution < 1.29 is 8.91 Å². The Bertz CT molecular complexity index is 519. The highest BCUT2D eigenvalue weighted by Gasteiger charge is 2.21. The van der Waals surface area contributed by atoms with Crippen LogP contribution in [0.3, 0.4) is 0 Å². The van der Waals surface area contributed by atoms with Crippen LogP contribution in [0.2, 0.25) is 0 Å². The number of rotatable bonds is 2. The summed E-state index contributed by atoms with van der Waals surface area (Å²) in [6.07, 6.45) is 4.49. The van der Waals surface area contributed by atoms with Crippen molar-refractivity contribution in [2.45, 2.75) is 25.3 Å². The van der Waals surface area contributed by atoms with Crippen molar-refractivity contribution in [2.24, 2.45) is 0 Å². The van der Waals surface area contributed by atoms with E-state index in [0.29, 0.717) is 17.4 Å². The second-order valence-corrected chi connectivity index (χ2v) is 4.32. The van der Waals surface area contributed by atoms with E-state index >= 15 is 0 Å². The van der Waals surface area contributed by atoms with Crippen molar-refractivity contribution in [3.8, 4) is 11.6 Å². The summed E-state index contributed by atoms with van der Waals surface area (Å²) in [5.74, 6) is 0.598. The lowest BCUT2D eigenvalue weighted by molar-refractivity contribution is 0.366. The van der Waals surface area contributed by atoms with E-state index in [1.807, 2.05) is 0 Å². The first-order valence-corrected chi connectivity index (χ1v) is 6.02. The largest absolute Gasteiger partial charge is 0.332 e. The van der Waals surface area contributed by atoms with Crippen LogP contribution >= 0.6 is 0 Å². The third-order valence-corrected chi connectivity index (χ3v) is 3.01. The zero-order chi connectivity index (χ0) is 12.4. The molecule has 2 aromatic rings. The van der Waals surface area contributed by atoms with Crippen LogP contribution in [-0.2, 0) is 0 Å². The van der Waals surface area contributed by atoms with Crippen molar-refractivity contribution in [1.29, 1.82) is 0 Å². The second kappa shape index (κ2) is 4.81. The number of hydrogen-bond donors (Lipinski definition) is 1. The number of nitrogens with zero attached hydrogens (tertiary/aromatic N) is 3. The summed E-state index contributed by atoms with van der Waals surface area (Å²) in [4.78, 5) is 8.22. The molecule has 0 aromatic carbocycles. The van der Waals surface area contributed by atoms with Gasteiger partial charge in [-0.1, -0.05) is 11.6 Å². The van der Waals surface area contributed by atoms with Crippen molar-refractivity contribution in [2.75, 3.05) is 6.54 Å². The molecule has 6 heteroatoms. The quantitative estimate of drug-likeness (QED) is 0.881. The van der Waals surface area contributed by atoms with Gasteiger partial charge in [-0.25, -0.2) is 9.37 Å². The first-order chi connectivity index (χ1) is 8.83. The molecule has 0 bridgehead atoms. The van der Waals surface area contributed by atoms with Crippen molar-refractivity contribution in [3.05, 3.63) is 30.0 Å². The topological polar surface area (TPSA) is 63.8 Å². The Kier molecular flexibility index (Phi) is 3.02. The summed E-state index contributed by atoms with van der Waals surface area (Å²) < 4.78 is 17.9. The summed E-state index contributed by atoms with van der Waals surface area (Å²) in [7, 11) is 0. The van der Waals surface area contributed by atoms with E-state index in [9.17, 15) is 4.39 Å². The van der Waals surface area contributed by atoms with E-state index in [1.54, 1.807) is 0 Å². The molecule has 0 aliphatic carbocycles. The molecule has 94 valence electrons. The summed E-state index contributed by atoms with van der Waals surface area (Å²) in [5, 5.41) is 7.30. The predicted molar refractivity (Wildman–Crippen MR) is 62.1 cm³/mol. The number of nitrogens with one attached hydrogen (secondary N) is 1. The van der Waals surface area contributed by atoms with Gasteiger partial charge >= 0.3 is 0 Å². The second-order valence-electron chi connectivity index (χ2n) is 4.32. The van der Waals surface area contributed by atoms with Crippen LogP contribution in [0.25, 0.3) is 11.6 Å². The van der Waals surface area contributed by atoms with E-state index < -0.39 is 0 Å². The molecule has 3 rings (SSSR count). The highest BCUT2D eigenvalue weighted by molar-refractivity contribution is 5.45. The maximum atomic E-state index is 12.8. The van der Waals surface area contributed by atoms with E-state index in [4.69, 9.17) is 4.52 Å². The highest BCUT2D eigenvalue weighted by atomic mass is 19.1. The van der Waals surface area contributed by atoms with Gasteiger partial charge in [0.1, 0.15) is 11.5 Å². The molecule has 0 spiro atoms. The Morgan fingerprint density at radius 1 is 1.33 bits per heavy atom. The summed E-state index contributed by atoms with van der Waals surface area (Å²) in [6, 6.07) is 3.00. The molecule has 1 saturated heterocycles. The Hall–Kier alpha value is -1.82. The molecular weight excluding hydrogens is 235 g/mol. The van der Waals surface area contributed by atoms with E-state index in [1.165, 1.54) is 18.6 Å². The Morgan fingerprint density at radius 2 is 2.28 bits per heavy atom. The monoisotopic (exact) mass is 248 g/mol. The Balaban J connectivity index is 1.82. The maximum Gasteiger partial charge on any atom is 0.276 e. The van der Waals surface area contributed by atoms with Gasteiger partial charge in [0, 0.05) is 0 Å². The molecule has 1 aliphatic heterocycles. The molecule has 2 aromatic heterocycles. The first kappa shape index (κ1) is 11.3. The molecule has 0 saturated carbocycles. The van der Waals surface area contributed by atoms with Crippen LogP contribution in [0.4, 0.5) is 4.39 Å². The van der Waals surface area contributed by atoms with Gasteiger partial charge < -0.3 is 9.84 Å². The van der Waals surface area contributed by atoms with Gasteiger partial charge in [0.15, 0.2) is 5.82 Å². The Morgan fingerprint density at radius 3 is 3.00 bits per heavy atom. The lowest BCUT2D eigenvalue weighted by atomic mass is 10.0. The Labute approximate surface area is 103 Å². The molecule has 3 heterocycles. The summed E-state index contributed by atoms with van der Waals surface area (Å²) in [6.45, 7) is 0.976. The zero-order valence-corrected chi connectivity index (χ0v) is 9.77. The van der Waals surface area contributed by atoms with Crippen LogP contribution in [0.1, 0.15) is 31.1 Å². The molecule has 1 fully saturated rings. The normalized spacial score (nSPS) is 19.9. The zero-order valence-electron chi connectivity index (χ0n) is 9.77. The number of pyridine rings is 1. The summed E-state index contributed by atoms with van der Waals surface area (Å²) in [5.41, 5.74) is 0.492. The van der Waals surface area contributed by atoms with Gasteiger partial charge in [0.2, 0.25) is 0 Å². The minimum Gasteiger partial charge on any atom is -0.332 e. The molecule has 1 atom stereocenters. The van der Waals surface area contributed by atoms with E-state index in [-0.39, 0.29) is 11.9 Å². The smallest absolute Gasteiger partial charge is 0.276 e. The molecule has 18 heavy (non-hydrogen) atoms. The molecule has 0 radical (unpaired) electrons. The van der Waals surface area contributed by atoms with Crippen molar-refractivity contribution in [1.82, 2.24) is 20.4 Å². The molecule has 0 amide bonds. The highest BCUT2D eigenvalue weighted by Crippen LogP contribution is 2.23. The molecular formula is C12H13FN4O. The van der Waals surface area contributed by atoms with Crippen LogP contribution in [-0.4, -0.2) is 21.7 Å². The molecule has 1 N–H and O–H groups in total. The predicted octanol–water partition coefficient (Wildman–Crippen LogP) is 2.09. The van der Waals surface area contributed by atoms with Gasteiger partial charge in [0.25, 0.3) is 5.89 Å². The fraction of sp³-hybridized carbons (Fsp3) is 0.417. The third kappa shape index (κ3) is 2.24. The lowest BCUT2D eigenvalue weighted by Gasteiger charge is -2.19. The fourth-order valence-corrected chi connectivity index (χ4v) is 2.05. The minimum atomic E-state index is -0.382. The number of hydrogen-bond acceptors (Lipinski definition) is 5. The fourth-order valence-electron chi connectivity index (χ4n) is 2.05. The third-order valence-electron chi connectivity index (χ3n) is 3.01. The van der Waals surface area contributed by atoms with Gasteiger partial charge in [-0.2, -0.15) is 4.98 Å². The maximum absolute atomic E-state index is 12.8. The van der Waals surface area contributed by atoms with Gasteiger partial charge in [-0.05, 0) is 31.5 Å².